The van der Waals surface area contributed by atoms with Crippen LogP contribution in [-0.4, -0.2) is 58.9 Å². The maximum Gasteiger partial charge on any atom is 0.255 e. The topological polar surface area (TPSA) is 65.5 Å². The average molecular weight is 521 g/mol. The number of amides is 2. The predicted molar refractivity (Wildman–Crippen MR) is 142 cm³/mol. The molecular formula is C28H26F2N4O2S. The standard InChI is InChI=1S/C28H26F2N4O2S/c29-22-7-2-8-23(30)25(22)28(36)34-16-4-15-33(17-18-34)27(35)20-10-12-21(13-11-20)32-37-24-9-1-5-19-6-3-14-31-26(19)24/h1-3,5-7,9-14,23,32H,4,8,15-18H2. The molecule has 3 aromatic rings. The van der Waals surface area contributed by atoms with Crippen LogP contribution in [0.3, 0.4) is 0 Å². The lowest BCUT2D eigenvalue weighted by atomic mass is 10.0. The molecule has 1 fully saturated rings. The molecule has 0 bridgehead atoms. The fourth-order valence-corrected chi connectivity index (χ4v) is 5.29. The molecule has 2 amide bonds. The molecule has 2 aromatic carbocycles. The highest BCUT2D eigenvalue weighted by Crippen LogP contribution is 2.28. The molecule has 190 valence electrons. The molecule has 37 heavy (non-hydrogen) atoms. The Labute approximate surface area is 218 Å². The minimum atomic E-state index is -1.64. The van der Waals surface area contributed by atoms with Crippen molar-refractivity contribution in [3.63, 3.8) is 0 Å². The first-order valence-electron chi connectivity index (χ1n) is 12.2. The maximum atomic E-state index is 14.2. The van der Waals surface area contributed by atoms with Crippen LogP contribution in [-0.2, 0) is 4.79 Å². The van der Waals surface area contributed by atoms with Gasteiger partial charge in [0.2, 0.25) is 0 Å². The van der Waals surface area contributed by atoms with Gasteiger partial charge in [0.25, 0.3) is 11.8 Å². The van der Waals surface area contributed by atoms with Crippen LogP contribution in [0.1, 0.15) is 23.2 Å². The third kappa shape index (κ3) is 5.51. The summed E-state index contributed by atoms with van der Waals surface area (Å²) in [5.41, 5.74) is 1.89. The van der Waals surface area contributed by atoms with Gasteiger partial charge in [-0.2, -0.15) is 0 Å². The monoisotopic (exact) mass is 520 g/mol. The van der Waals surface area contributed by atoms with Crippen molar-refractivity contribution >= 4 is 40.4 Å². The van der Waals surface area contributed by atoms with Gasteiger partial charge in [-0.05, 0) is 60.8 Å². The van der Waals surface area contributed by atoms with Crippen molar-refractivity contribution in [3.8, 4) is 0 Å². The normalized spacial score (nSPS) is 18.2. The largest absolute Gasteiger partial charge is 0.337 e. The number of pyridine rings is 1. The molecule has 2 heterocycles. The Morgan fingerprint density at radius 2 is 1.68 bits per heavy atom. The van der Waals surface area contributed by atoms with E-state index in [0.29, 0.717) is 31.6 Å². The first kappa shape index (κ1) is 25.0. The fraction of sp³-hybridized carbons (Fsp3) is 0.250. The molecule has 1 N–H and O–H groups in total. The lowest BCUT2D eigenvalue weighted by Gasteiger charge is -2.25. The SMILES string of the molecule is O=C(C1=C(F)C=CCC1F)N1CCCN(C(=O)c2ccc(NSc3cccc4cccnc34)cc2)CC1. The molecule has 0 spiro atoms. The number of rotatable bonds is 5. The van der Waals surface area contributed by atoms with Gasteiger partial charge in [0, 0.05) is 55.4 Å². The Bertz CT molecular complexity index is 1370. The van der Waals surface area contributed by atoms with E-state index in [1.54, 1.807) is 23.2 Å². The second-order valence-electron chi connectivity index (χ2n) is 8.92. The number of aromatic nitrogens is 1. The van der Waals surface area contributed by atoms with Gasteiger partial charge in [0.15, 0.2) is 0 Å². The van der Waals surface area contributed by atoms with Crippen molar-refractivity contribution in [1.82, 2.24) is 14.8 Å². The molecular weight excluding hydrogens is 494 g/mol. The Morgan fingerprint density at radius 1 is 0.946 bits per heavy atom. The second-order valence-corrected chi connectivity index (χ2v) is 9.77. The van der Waals surface area contributed by atoms with Gasteiger partial charge < -0.3 is 14.5 Å². The highest BCUT2D eigenvalue weighted by Gasteiger charge is 2.31. The molecule has 0 radical (unpaired) electrons. The number of benzene rings is 2. The summed E-state index contributed by atoms with van der Waals surface area (Å²) in [6.45, 7) is 1.34. The number of halogens is 2. The van der Waals surface area contributed by atoms with Crippen LogP contribution in [0.15, 0.2) is 89.2 Å². The Kier molecular flexibility index (Phi) is 7.50. The van der Waals surface area contributed by atoms with Crippen LogP contribution >= 0.6 is 11.9 Å². The van der Waals surface area contributed by atoms with E-state index < -0.39 is 23.5 Å². The summed E-state index contributed by atoms with van der Waals surface area (Å²) in [6.07, 6.45) is 3.20. The maximum absolute atomic E-state index is 14.2. The number of hydrogen-bond donors (Lipinski definition) is 1. The van der Waals surface area contributed by atoms with Crippen molar-refractivity contribution in [2.24, 2.45) is 0 Å². The number of nitrogens with one attached hydrogen (secondary N) is 1. The van der Waals surface area contributed by atoms with Crippen molar-refractivity contribution in [3.05, 3.63) is 89.9 Å². The molecule has 0 saturated carbocycles. The lowest BCUT2D eigenvalue weighted by Crippen LogP contribution is -2.39. The molecule has 9 heteroatoms. The minimum absolute atomic E-state index is 0.00483. The summed E-state index contributed by atoms with van der Waals surface area (Å²) in [5.74, 6) is -1.58. The van der Waals surface area contributed by atoms with Gasteiger partial charge in [0.05, 0.1) is 16.0 Å². The van der Waals surface area contributed by atoms with E-state index in [9.17, 15) is 18.4 Å². The smallest absolute Gasteiger partial charge is 0.255 e. The molecule has 2 aliphatic rings. The van der Waals surface area contributed by atoms with E-state index in [1.807, 2.05) is 42.5 Å². The predicted octanol–water partition coefficient (Wildman–Crippen LogP) is 5.55. The van der Waals surface area contributed by atoms with Crippen molar-refractivity contribution in [2.45, 2.75) is 23.9 Å². The van der Waals surface area contributed by atoms with E-state index in [1.165, 1.54) is 22.9 Å². The number of hydrogen-bond acceptors (Lipinski definition) is 5. The van der Waals surface area contributed by atoms with Crippen LogP contribution in [0.2, 0.25) is 0 Å². The minimum Gasteiger partial charge on any atom is -0.337 e. The van der Waals surface area contributed by atoms with E-state index in [0.717, 1.165) is 27.6 Å². The molecule has 6 nitrogen and oxygen atoms in total. The number of alkyl halides is 1. The molecule has 1 unspecified atom stereocenters. The summed E-state index contributed by atoms with van der Waals surface area (Å²) in [4.78, 5) is 34.5. The van der Waals surface area contributed by atoms with Crippen LogP contribution in [0.4, 0.5) is 14.5 Å². The number of nitrogens with zero attached hydrogens (tertiary/aromatic N) is 3. The molecule has 5 rings (SSSR count). The van der Waals surface area contributed by atoms with E-state index in [2.05, 4.69) is 9.71 Å². The molecule has 1 saturated heterocycles. The summed E-state index contributed by atoms with van der Waals surface area (Å²) in [7, 11) is 0. The van der Waals surface area contributed by atoms with Crippen molar-refractivity contribution in [2.75, 3.05) is 30.9 Å². The van der Waals surface area contributed by atoms with Crippen molar-refractivity contribution < 1.29 is 18.4 Å². The third-order valence-corrected chi connectivity index (χ3v) is 7.37. The number of para-hydroxylation sites is 1. The Balaban J connectivity index is 1.19. The summed E-state index contributed by atoms with van der Waals surface area (Å²) >= 11 is 1.46. The molecule has 1 aliphatic carbocycles. The lowest BCUT2D eigenvalue weighted by molar-refractivity contribution is -0.127. The highest BCUT2D eigenvalue weighted by atomic mass is 32.2. The zero-order valence-electron chi connectivity index (χ0n) is 20.1. The van der Waals surface area contributed by atoms with Crippen molar-refractivity contribution in [1.29, 1.82) is 0 Å². The summed E-state index contributed by atoms with van der Waals surface area (Å²) < 4.78 is 31.6. The molecule has 1 aromatic heterocycles. The first-order valence-corrected chi connectivity index (χ1v) is 13.0. The number of anilines is 1. The van der Waals surface area contributed by atoms with Gasteiger partial charge >= 0.3 is 0 Å². The Hall–Kier alpha value is -3.72. The second kappa shape index (κ2) is 11.1. The summed E-state index contributed by atoms with van der Waals surface area (Å²) in [5, 5.41) is 1.06. The van der Waals surface area contributed by atoms with Gasteiger partial charge in [-0.1, -0.05) is 24.3 Å². The number of carbonyl (C=O) groups is 2. The van der Waals surface area contributed by atoms with Crippen LogP contribution in [0, 0.1) is 0 Å². The first-order chi connectivity index (χ1) is 18.0. The fourth-order valence-electron chi connectivity index (χ4n) is 4.51. The average Bonchev–Trinajstić information content (AvgIpc) is 3.18. The van der Waals surface area contributed by atoms with Gasteiger partial charge in [-0.25, -0.2) is 8.78 Å². The number of carbonyl (C=O) groups excluding carboxylic acids is 2. The number of fused-ring (bicyclic) bond motifs is 1. The quantitative estimate of drug-likeness (QED) is 0.447. The van der Waals surface area contributed by atoms with Gasteiger partial charge in [0.1, 0.15) is 12.0 Å². The van der Waals surface area contributed by atoms with E-state index >= 15 is 0 Å². The zero-order chi connectivity index (χ0) is 25.8. The van der Waals surface area contributed by atoms with E-state index in [4.69, 9.17) is 0 Å². The van der Waals surface area contributed by atoms with Gasteiger partial charge in [-0.15, -0.1) is 0 Å². The Morgan fingerprint density at radius 3 is 2.43 bits per heavy atom. The molecule has 1 atom stereocenters. The molecule has 1 aliphatic heterocycles. The summed E-state index contributed by atoms with van der Waals surface area (Å²) in [6, 6.07) is 17.2. The zero-order valence-corrected chi connectivity index (χ0v) is 20.9. The third-order valence-electron chi connectivity index (χ3n) is 6.48. The van der Waals surface area contributed by atoms with Crippen LogP contribution in [0.25, 0.3) is 10.9 Å². The van der Waals surface area contributed by atoms with E-state index in [-0.39, 0.29) is 18.9 Å². The van der Waals surface area contributed by atoms with Crippen LogP contribution in [0.5, 0.6) is 0 Å². The van der Waals surface area contributed by atoms with Gasteiger partial charge in [-0.3, -0.25) is 14.6 Å². The highest BCUT2D eigenvalue weighted by molar-refractivity contribution is 8.00. The van der Waals surface area contributed by atoms with Crippen LogP contribution < -0.4 is 4.72 Å². The number of allylic oxidation sites excluding steroid dienone is 3.